The number of carbonyl (C=O) groups excluding carboxylic acids is 1. The van der Waals surface area contributed by atoms with Gasteiger partial charge in [-0.05, 0) is 24.1 Å². The van der Waals surface area contributed by atoms with Crippen LogP contribution in [0.2, 0.25) is 0 Å². The molecule has 0 amide bonds. The van der Waals surface area contributed by atoms with Gasteiger partial charge in [0.2, 0.25) is 0 Å². The van der Waals surface area contributed by atoms with Crippen LogP contribution in [0.3, 0.4) is 0 Å². The van der Waals surface area contributed by atoms with Gasteiger partial charge < -0.3 is 4.98 Å². The van der Waals surface area contributed by atoms with Crippen LogP contribution in [0.15, 0.2) is 48.7 Å². The number of H-pyrrole nitrogens is 1. The quantitative estimate of drug-likeness (QED) is 0.738. The first-order valence-corrected chi connectivity index (χ1v) is 6.88. The number of aromatic amines is 1. The second-order valence-corrected chi connectivity index (χ2v) is 4.91. The Labute approximate surface area is 122 Å². The second-order valence-electron chi connectivity index (χ2n) is 4.91. The van der Waals surface area contributed by atoms with Crippen molar-refractivity contribution in [3.63, 3.8) is 0 Å². The van der Waals surface area contributed by atoms with Gasteiger partial charge in [0.05, 0.1) is 11.6 Å². The van der Waals surface area contributed by atoms with Crippen LogP contribution in [0.4, 0.5) is 0 Å². The minimum absolute atomic E-state index is 0.0170. The Kier molecular flexibility index (Phi) is 3.29. The van der Waals surface area contributed by atoms with Crippen LogP contribution in [0.25, 0.3) is 10.9 Å². The van der Waals surface area contributed by atoms with Crippen molar-refractivity contribution in [2.75, 3.05) is 0 Å². The standard InChI is InChI=1S/C18H14N2O/c1-2-13-5-3-4-6-14(13)18(21)16-11-20-17-9-12(10-19)7-8-15(16)17/h3-9,11,20H,2H2,1H3. The lowest BCUT2D eigenvalue weighted by Crippen LogP contribution is -2.04. The number of nitrogens with one attached hydrogen (secondary N) is 1. The number of rotatable bonds is 3. The van der Waals surface area contributed by atoms with Gasteiger partial charge in [-0.3, -0.25) is 4.79 Å². The molecule has 0 saturated carbocycles. The van der Waals surface area contributed by atoms with E-state index in [0.717, 1.165) is 28.5 Å². The Morgan fingerprint density at radius 1 is 1.19 bits per heavy atom. The van der Waals surface area contributed by atoms with Gasteiger partial charge in [-0.2, -0.15) is 5.26 Å². The van der Waals surface area contributed by atoms with E-state index in [1.165, 1.54) is 0 Å². The number of aromatic nitrogens is 1. The molecule has 0 radical (unpaired) electrons. The fourth-order valence-corrected chi connectivity index (χ4v) is 2.58. The molecule has 0 aliphatic rings. The minimum Gasteiger partial charge on any atom is -0.360 e. The van der Waals surface area contributed by atoms with Gasteiger partial charge in [0, 0.05) is 28.2 Å². The van der Waals surface area contributed by atoms with Crippen molar-refractivity contribution in [3.05, 3.63) is 70.9 Å². The zero-order valence-electron chi connectivity index (χ0n) is 11.7. The zero-order valence-corrected chi connectivity index (χ0v) is 11.7. The van der Waals surface area contributed by atoms with Gasteiger partial charge in [0.15, 0.2) is 5.78 Å². The normalized spacial score (nSPS) is 10.5. The summed E-state index contributed by atoms with van der Waals surface area (Å²) >= 11 is 0. The molecule has 1 N–H and O–H groups in total. The maximum absolute atomic E-state index is 12.8. The number of aryl methyl sites for hydroxylation is 1. The van der Waals surface area contributed by atoms with Gasteiger partial charge >= 0.3 is 0 Å². The molecule has 0 saturated heterocycles. The molecule has 2 aromatic carbocycles. The minimum atomic E-state index is 0.0170. The lowest BCUT2D eigenvalue weighted by molar-refractivity contribution is 0.103. The molecule has 3 rings (SSSR count). The van der Waals surface area contributed by atoms with Gasteiger partial charge in [-0.25, -0.2) is 0 Å². The topological polar surface area (TPSA) is 56.6 Å². The molecular weight excluding hydrogens is 260 g/mol. The molecule has 3 nitrogen and oxygen atoms in total. The Hall–Kier alpha value is -2.86. The van der Waals surface area contributed by atoms with E-state index in [0.29, 0.717) is 11.1 Å². The molecule has 21 heavy (non-hydrogen) atoms. The number of benzene rings is 2. The highest BCUT2D eigenvalue weighted by molar-refractivity contribution is 6.17. The van der Waals surface area contributed by atoms with Crippen molar-refractivity contribution in [2.24, 2.45) is 0 Å². The van der Waals surface area contributed by atoms with Crippen molar-refractivity contribution in [2.45, 2.75) is 13.3 Å². The highest BCUT2D eigenvalue weighted by atomic mass is 16.1. The average molecular weight is 274 g/mol. The smallest absolute Gasteiger partial charge is 0.195 e. The summed E-state index contributed by atoms with van der Waals surface area (Å²) in [6.07, 6.45) is 2.55. The van der Waals surface area contributed by atoms with E-state index in [-0.39, 0.29) is 5.78 Å². The van der Waals surface area contributed by atoms with E-state index < -0.39 is 0 Å². The van der Waals surface area contributed by atoms with E-state index in [9.17, 15) is 4.79 Å². The Morgan fingerprint density at radius 3 is 2.76 bits per heavy atom. The van der Waals surface area contributed by atoms with Crippen LogP contribution in [0.5, 0.6) is 0 Å². The molecule has 0 unspecified atom stereocenters. The lowest BCUT2D eigenvalue weighted by Gasteiger charge is -2.05. The summed E-state index contributed by atoms with van der Waals surface area (Å²) in [6, 6.07) is 15.1. The highest BCUT2D eigenvalue weighted by Gasteiger charge is 2.16. The number of nitrogens with zero attached hydrogens (tertiary/aromatic N) is 1. The average Bonchev–Trinajstić information content (AvgIpc) is 2.97. The molecule has 102 valence electrons. The maximum atomic E-state index is 12.8. The van der Waals surface area contributed by atoms with Crippen molar-refractivity contribution in [3.8, 4) is 6.07 Å². The SMILES string of the molecule is CCc1ccccc1C(=O)c1c[nH]c2cc(C#N)ccc12. The number of fused-ring (bicyclic) bond motifs is 1. The number of ketones is 1. The Balaban J connectivity index is 2.12. The van der Waals surface area contributed by atoms with Gasteiger partial charge in [0.25, 0.3) is 0 Å². The molecular formula is C18H14N2O. The molecule has 0 fully saturated rings. The molecule has 3 heteroatoms. The molecule has 1 aromatic heterocycles. The number of hydrogen-bond acceptors (Lipinski definition) is 2. The first-order chi connectivity index (χ1) is 10.2. The summed E-state index contributed by atoms with van der Waals surface area (Å²) in [5, 5.41) is 9.78. The monoisotopic (exact) mass is 274 g/mol. The number of nitriles is 1. The van der Waals surface area contributed by atoms with Gasteiger partial charge in [-0.15, -0.1) is 0 Å². The van der Waals surface area contributed by atoms with Gasteiger partial charge in [0.1, 0.15) is 0 Å². The molecule has 0 bridgehead atoms. The summed E-state index contributed by atoms with van der Waals surface area (Å²) in [4.78, 5) is 15.8. The maximum Gasteiger partial charge on any atom is 0.195 e. The second kappa shape index (κ2) is 5.26. The van der Waals surface area contributed by atoms with Crippen LogP contribution in [-0.4, -0.2) is 10.8 Å². The first kappa shape index (κ1) is 13.1. The zero-order chi connectivity index (χ0) is 14.8. The van der Waals surface area contributed by atoms with E-state index in [4.69, 9.17) is 5.26 Å². The van der Waals surface area contributed by atoms with Crippen LogP contribution in [0, 0.1) is 11.3 Å². The van der Waals surface area contributed by atoms with Crippen molar-refractivity contribution < 1.29 is 4.79 Å². The van der Waals surface area contributed by atoms with E-state index in [1.54, 1.807) is 18.3 Å². The predicted octanol–water partition coefficient (Wildman–Crippen LogP) is 3.83. The van der Waals surface area contributed by atoms with Crippen molar-refractivity contribution in [1.82, 2.24) is 4.98 Å². The third-order valence-corrected chi connectivity index (χ3v) is 3.70. The number of hydrogen-bond donors (Lipinski definition) is 1. The molecule has 0 spiro atoms. The summed E-state index contributed by atoms with van der Waals surface area (Å²) in [5.41, 5.74) is 3.83. The van der Waals surface area contributed by atoms with Crippen molar-refractivity contribution >= 4 is 16.7 Å². The van der Waals surface area contributed by atoms with E-state index >= 15 is 0 Å². The Morgan fingerprint density at radius 2 is 2.00 bits per heavy atom. The predicted molar refractivity (Wildman–Crippen MR) is 82.3 cm³/mol. The molecule has 1 heterocycles. The third kappa shape index (κ3) is 2.21. The van der Waals surface area contributed by atoms with Crippen LogP contribution in [0.1, 0.15) is 34.0 Å². The molecule has 0 atom stereocenters. The Bertz CT molecular complexity index is 868. The third-order valence-electron chi connectivity index (χ3n) is 3.70. The van der Waals surface area contributed by atoms with Gasteiger partial charge in [-0.1, -0.05) is 37.3 Å². The fraction of sp³-hybridized carbons (Fsp3) is 0.111. The van der Waals surface area contributed by atoms with Crippen LogP contribution in [-0.2, 0) is 6.42 Å². The lowest BCUT2D eigenvalue weighted by atomic mass is 9.96. The molecule has 3 aromatic rings. The van der Waals surface area contributed by atoms with E-state index in [2.05, 4.69) is 11.1 Å². The first-order valence-electron chi connectivity index (χ1n) is 6.88. The summed E-state index contributed by atoms with van der Waals surface area (Å²) in [7, 11) is 0. The van der Waals surface area contributed by atoms with Crippen LogP contribution >= 0.6 is 0 Å². The van der Waals surface area contributed by atoms with Crippen LogP contribution < -0.4 is 0 Å². The molecule has 0 aliphatic carbocycles. The summed E-state index contributed by atoms with van der Waals surface area (Å²) in [5.74, 6) is 0.0170. The highest BCUT2D eigenvalue weighted by Crippen LogP contribution is 2.23. The fourth-order valence-electron chi connectivity index (χ4n) is 2.58. The number of carbonyl (C=O) groups is 1. The molecule has 0 aliphatic heterocycles. The summed E-state index contributed by atoms with van der Waals surface area (Å²) in [6.45, 7) is 2.04. The largest absolute Gasteiger partial charge is 0.360 e. The summed E-state index contributed by atoms with van der Waals surface area (Å²) < 4.78 is 0. The van der Waals surface area contributed by atoms with Crippen molar-refractivity contribution in [1.29, 1.82) is 5.26 Å². The van der Waals surface area contributed by atoms with E-state index in [1.807, 2.05) is 37.3 Å².